The van der Waals surface area contributed by atoms with Crippen LogP contribution in [0.2, 0.25) is 0 Å². The van der Waals surface area contributed by atoms with Gasteiger partial charge in [-0.2, -0.15) is 4.98 Å². The van der Waals surface area contributed by atoms with Crippen molar-refractivity contribution in [2.24, 2.45) is 0 Å². The molecule has 3 aromatic rings. The van der Waals surface area contributed by atoms with E-state index in [1.165, 1.54) is 18.6 Å². The van der Waals surface area contributed by atoms with E-state index >= 15 is 0 Å². The highest BCUT2D eigenvalue weighted by atomic mass is 16.6. The Morgan fingerprint density at radius 2 is 1.72 bits per heavy atom. The van der Waals surface area contributed by atoms with Gasteiger partial charge in [0.25, 0.3) is 11.6 Å². The molecule has 2 aliphatic rings. The molecule has 1 amide bonds. The summed E-state index contributed by atoms with van der Waals surface area (Å²) < 4.78 is 5.54. The van der Waals surface area contributed by atoms with Crippen LogP contribution in [-0.2, 0) is 0 Å². The van der Waals surface area contributed by atoms with Gasteiger partial charge in [-0.1, -0.05) is 35.5 Å². The largest absolute Gasteiger partial charge is 0.371 e. The lowest BCUT2D eigenvalue weighted by Crippen LogP contribution is -2.49. The number of nitro groups is 1. The van der Waals surface area contributed by atoms with E-state index in [2.05, 4.69) is 19.9 Å². The molecule has 10 heteroatoms. The van der Waals surface area contributed by atoms with Crippen molar-refractivity contribution in [3.05, 3.63) is 70.1 Å². The summed E-state index contributed by atoms with van der Waals surface area (Å²) in [6.45, 7) is 6.07. The van der Waals surface area contributed by atoms with E-state index in [1.807, 2.05) is 37.3 Å². The standard InChI is InChI=1S/C26H30N6O4/c1-19(25-27-24(28-36-25)20-8-4-2-5-9-20)29-14-16-31(17-15-29)26(33)22-18-21(32(34)35)10-11-23(22)30-12-6-3-7-13-30/h2,4-5,8-11,18-19H,3,6-7,12-17H2,1H3. The molecule has 1 unspecified atom stereocenters. The van der Waals surface area contributed by atoms with Crippen molar-refractivity contribution in [1.29, 1.82) is 0 Å². The molecule has 0 N–H and O–H groups in total. The van der Waals surface area contributed by atoms with Crippen molar-refractivity contribution in [3.63, 3.8) is 0 Å². The third-order valence-electron chi connectivity index (χ3n) is 7.10. The van der Waals surface area contributed by atoms with E-state index < -0.39 is 4.92 Å². The Balaban J connectivity index is 1.28. The summed E-state index contributed by atoms with van der Waals surface area (Å²) in [4.78, 5) is 35.3. The Morgan fingerprint density at radius 3 is 2.42 bits per heavy atom. The zero-order valence-corrected chi connectivity index (χ0v) is 20.4. The molecule has 3 heterocycles. The molecular weight excluding hydrogens is 460 g/mol. The van der Waals surface area contributed by atoms with Crippen LogP contribution in [-0.4, -0.2) is 70.0 Å². The number of anilines is 1. The first-order valence-electron chi connectivity index (χ1n) is 12.5. The summed E-state index contributed by atoms with van der Waals surface area (Å²) in [5.74, 6) is 0.942. The Bertz CT molecular complexity index is 1220. The molecule has 10 nitrogen and oxygen atoms in total. The number of aromatic nitrogens is 2. The fourth-order valence-electron chi connectivity index (χ4n) is 4.97. The lowest BCUT2D eigenvalue weighted by atomic mass is 10.0. The molecule has 2 fully saturated rings. The quantitative estimate of drug-likeness (QED) is 0.374. The van der Waals surface area contributed by atoms with Crippen LogP contribution in [0.4, 0.5) is 11.4 Å². The highest BCUT2D eigenvalue weighted by molar-refractivity contribution is 6.00. The minimum atomic E-state index is -0.440. The topological polar surface area (TPSA) is 109 Å². The SMILES string of the molecule is CC(c1nc(-c2ccccc2)no1)N1CCN(C(=O)c2cc([N+](=O)[O-])ccc2N2CCCCC2)CC1. The number of hydrogen-bond donors (Lipinski definition) is 0. The number of rotatable bonds is 6. The number of amides is 1. The van der Waals surface area contributed by atoms with Crippen molar-refractivity contribution in [2.75, 3.05) is 44.2 Å². The summed E-state index contributed by atoms with van der Waals surface area (Å²) >= 11 is 0. The number of hydrogen-bond acceptors (Lipinski definition) is 8. The maximum Gasteiger partial charge on any atom is 0.270 e. The zero-order valence-electron chi connectivity index (χ0n) is 20.4. The van der Waals surface area contributed by atoms with E-state index in [4.69, 9.17) is 4.52 Å². The molecule has 36 heavy (non-hydrogen) atoms. The molecule has 0 spiro atoms. The fourth-order valence-corrected chi connectivity index (χ4v) is 4.97. The van der Waals surface area contributed by atoms with Crippen LogP contribution in [0, 0.1) is 10.1 Å². The lowest BCUT2D eigenvalue weighted by molar-refractivity contribution is -0.384. The molecule has 2 aromatic carbocycles. The van der Waals surface area contributed by atoms with Gasteiger partial charge >= 0.3 is 0 Å². The van der Waals surface area contributed by atoms with Crippen LogP contribution in [0.15, 0.2) is 53.1 Å². The van der Waals surface area contributed by atoms with Gasteiger partial charge in [0.2, 0.25) is 11.7 Å². The normalized spacial score (nSPS) is 17.7. The number of nitro benzene ring substituents is 1. The van der Waals surface area contributed by atoms with Gasteiger partial charge in [-0.25, -0.2) is 0 Å². The van der Waals surface area contributed by atoms with Crippen molar-refractivity contribution < 1.29 is 14.2 Å². The minimum Gasteiger partial charge on any atom is -0.371 e. The first-order valence-corrected chi connectivity index (χ1v) is 12.5. The van der Waals surface area contributed by atoms with E-state index in [0.29, 0.717) is 43.5 Å². The van der Waals surface area contributed by atoms with E-state index in [0.717, 1.165) is 37.2 Å². The number of non-ortho nitro benzene ring substituents is 1. The maximum absolute atomic E-state index is 13.6. The second kappa shape index (κ2) is 10.4. The van der Waals surface area contributed by atoms with Gasteiger partial charge in [-0.3, -0.25) is 19.8 Å². The number of piperazine rings is 1. The third kappa shape index (κ3) is 4.94. The lowest BCUT2D eigenvalue weighted by Gasteiger charge is -2.37. The van der Waals surface area contributed by atoms with Gasteiger partial charge in [0.1, 0.15) is 0 Å². The van der Waals surface area contributed by atoms with Crippen LogP contribution in [0.3, 0.4) is 0 Å². The summed E-state index contributed by atoms with van der Waals surface area (Å²) in [5.41, 5.74) is 2.05. The molecule has 0 radical (unpaired) electrons. The average molecular weight is 491 g/mol. The molecule has 2 aliphatic heterocycles. The maximum atomic E-state index is 13.6. The van der Waals surface area contributed by atoms with E-state index in [1.54, 1.807) is 11.0 Å². The van der Waals surface area contributed by atoms with Crippen LogP contribution >= 0.6 is 0 Å². The monoisotopic (exact) mass is 490 g/mol. The van der Waals surface area contributed by atoms with Crippen molar-refractivity contribution in [2.45, 2.75) is 32.2 Å². The molecule has 188 valence electrons. The van der Waals surface area contributed by atoms with Crippen molar-refractivity contribution in [1.82, 2.24) is 19.9 Å². The average Bonchev–Trinajstić information content (AvgIpc) is 3.43. The minimum absolute atomic E-state index is 0.0584. The summed E-state index contributed by atoms with van der Waals surface area (Å²) in [6.07, 6.45) is 3.28. The zero-order chi connectivity index (χ0) is 25.1. The first kappa shape index (κ1) is 23.9. The Hall–Kier alpha value is -3.79. The van der Waals surface area contributed by atoms with Crippen molar-refractivity contribution in [3.8, 4) is 11.4 Å². The summed E-state index contributed by atoms with van der Waals surface area (Å²) in [5, 5.41) is 15.5. The van der Waals surface area contributed by atoms with Gasteiger partial charge in [0, 0.05) is 57.0 Å². The molecular formula is C26H30N6O4. The highest BCUT2D eigenvalue weighted by Crippen LogP contribution is 2.30. The molecule has 0 bridgehead atoms. The summed E-state index contributed by atoms with van der Waals surface area (Å²) in [7, 11) is 0. The van der Waals surface area contributed by atoms with Crippen molar-refractivity contribution >= 4 is 17.3 Å². The van der Waals surface area contributed by atoms with Crippen LogP contribution < -0.4 is 4.90 Å². The van der Waals surface area contributed by atoms with Crippen LogP contribution in [0.25, 0.3) is 11.4 Å². The Labute approximate surface area is 209 Å². The molecule has 0 saturated carbocycles. The summed E-state index contributed by atoms with van der Waals surface area (Å²) in [6, 6.07) is 14.3. The Kier molecular flexibility index (Phi) is 6.95. The highest BCUT2D eigenvalue weighted by Gasteiger charge is 2.30. The first-order chi connectivity index (χ1) is 17.5. The van der Waals surface area contributed by atoms with E-state index in [-0.39, 0.29) is 17.6 Å². The number of nitrogens with zero attached hydrogens (tertiary/aromatic N) is 6. The van der Waals surface area contributed by atoms with Gasteiger partial charge < -0.3 is 14.3 Å². The van der Waals surface area contributed by atoms with Gasteiger partial charge in [0.15, 0.2) is 0 Å². The fraction of sp³-hybridized carbons (Fsp3) is 0.423. The van der Waals surface area contributed by atoms with Gasteiger partial charge in [-0.05, 0) is 32.3 Å². The second-order valence-corrected chi connectivity index (χ2v) is 9.33. The van der Waals surface area contributed by atoms with Gasteiger partial charge in [-0.15, -0.1) is 0 Å². The van der Waals surface area contributed by atoms with Crippen LogP contribution in [0.5, 0.6) is 0 Å². The molecule has 1 aromatic heterocycles. The predicted octanol–water partition coefficient (Wildman–Crippen LogP) is 4.15. The Morgan fingerprint density at radius 1 is 1.00 bits per heavy atom. The van der Waals surface area contributed by atoms with Crippen LogP contribution in [0.1, 0.15) is 48.5 Å². The third-order valence-corrected chi connectivity index (χ3v) is 7.10. The second-order valence-electron chi connectivity index (χ2n) is 9.33. The molecule has 2 saturated heterocycles. The smallest absolute Gasteiger partial charge is 0.270 e. The number of carbonyl (C=O) groups excluding carboxylic acids is 1. The number of piperidine rings is 1. The predicted molar refractivity (Wildman–Crippen MR) is 135 cm³/mol. The molecule has 1 atom stereocenters. The number of benzene rings is 2. The van der Waals surface area contributed by atoms with E-state index in [9.17, 15) is 14.9 Å². The van der Waals surface area contributed by atoms with Gasteiger partial charge in [0.05, 0.1) is 22.2 Å². The number of carbonyl (C=O) groups is 1. The molecule has 0 aliphatic carbocycles. The molecule has 5 rings (SSSR count).